The third-order valence-corrected chi connectivity index (χ3v) is 2.72. The zero-order chi connectivity index (χ0) is 13.1. The van der Waals surface area contributed by atoms with Gasteiger partial charge >= 0.3 is 0 Å². The maximum atomic E-state index is 13.6. The third kappa shape index (κ3) is 2.57. The monoisotopic (exact) mass is 306 g/mol. The molecule has 0 unspecified atom stereocenters. The van der Waals surface area contributed by atoms with Gasteiger partial charge in [-0.1, -0.05) is 15.9 Å². The molecular weight excluding hydrogens is 299 g/mol. The number of hydrogen-bond donors (Lipinski definition) is 2. The molecule has 6 heteroatoms. The van der Waals surface area contributed by atoms with Crippen molar-refractivity contribution in [3.05, 3.63) is 46.3 Å². The van der Waals surface area contributed by atoms with Crippen LogP contribution in [0.4, 0.5) is 21.6 Å². The molecule has 0 atom stereocenters. The van der Waals surface area contributed by atoms with Gasteiger partial charge in [-0.15, -0.1) is 0 Å². The largest absolute Gasteiger partial charge is 0.396 e. The number of nitrogen functional groups attached to an aromatic ring is 1. The maximum Gasteiger partial charge on any atom is 0.165 e. The smallest absolute Gasteiger partial charge is 0.165 e. The number of hydrogen-bond acceptors (Lipinski definition) is 4. The fraction of sp³-hybridized carbons (Fsp3) is 0. The van der Waals surface area contributed by atoms with Gasteiger partial charge in [0.05, 0.1) is 11.4 Å². The Bertz CT molecular complexity index is 636. The lowest BCUT2D eigenvalue weighted by atomic mass is 10.3. The van der Waals surface area contributed by atoms with E-state index < -0.39 is 5.82 Å². The highest BCUT2D eigenvalue weighted by atomic mass is 79.9. The first-order valence-electron chi connectivity index (χ1n) is 4.99. The van der Waals surface area contributed by atoms with Crippen molar-refractivity contribution >= 4 is 33.1 Å². The van der Waals surface area contributed by atoms with Gasteiger partial charge in [-0.2, -0.15) is 5.26 Å². The fourth-order valence-electron chi connectivity index (χ4n) is 1.36. The first-order chi connectivity index (χ1) is 8.60. The van der Waals surface area contributed by atoms with Gasteiger partial charge in [0.2, 0.25) is 0 Å². The van der Waals surface area contributed by atoms with Crippen LogP contribution in [0.1, 0.15) is 5.69 Å². The average Bonchev–Trinajstić information content (AvgIpc) is 2.35. The van der Waals surface area contributed by atoms with E-state index in [4.69, 9.17) is 11.0 Å². The second kappa shape index (κ2) is 5.02. The Labute approximate surface area is 111 Å². The molecule has 0 spiro atoms. The number of rotatable bonds is 2. The molecule has 1 aromatic heterocycles. The normalized spacial score (nSPS) is 9.83. The van der Waals surface area contributed by atoms with Gasteiger partial charge in [-0.3, -0.25) is 0 Å². The minimum absolute atomic E-state index is 0.109. The Morgan fingerprint density at radius 3 is 2.78 bits per heavy atom. The summed E-state index contributed by atoms with van der Waals surface area (Å²) < 4.78 is 14.2. The van der Waals surface area contributed by atoms with E-state index in [2.05, 4.69) is 26.2 Å². The van der Waals surface area contributed by atoms with Crippen LogP contribution in [-0.4, -0.2) is 4.98 Å². The number of aromatic nitrogens is 1. The molecule has 0 aliphatic rings. The van der Waals surface area contributed by atoms with E-state index in [1.807, 2.05) is 6.07 Å². The summed E-state index contributed by atoms with van der Waals surface area (Å²) in [5.41, 5.74) is 6.23. The molecule has 0 aliphatic heterocycles. The summed E-state index contributed by atoms with van der Waals surface area (Å²) in [6.07, 6.45) is 0. The van der Waals surface area contributed by atoms with Crippen molar-refractivity contribution in [3.63, 3.8) is 0 Å². The predicted molar refractivity (Wildman–Crippen MR) is 70.7 cm³/mol. The molecule has 0 radical (unpaired) electrons. The van der Waals surface area contributed by atoms with Crippen molar-refractivity contribution < 1.29 is 4.39 Å². The van der Waals surface area contributed by atoms with Crippen LogP contribution in [0.2, 0.25) is 0 Å². The van der Waals surface area contributed by atoms with Crippen molar-refractivity contribution in [2.75, 3.05) is 11.1 Å². The molecule has 1 heterocycles. The summed E-state index contributed by atoms with van der Waals surface area (Å²) in [4.78, 5) is 3.97. The van der Waals surface area contributed by atoms with Gasteiger partial charge in [-0.25, -0.2) is 9.37 Å². The molecule has 2 aromatic rings. The quantitative estimate of drug-likeness (QED) is 0.893. The molecular formula is C12H8BrFN4. The van der Waals surface area contributed by atoms with Crippen molar-refractivity contribution in [2.24, 2.45) is 0 Å². The van der Waals surface area contributed by atoms with Crippen molar-refractivity contribution in [1.29, 1.82) is 5.26 Å². The summed E-state index contributed by atoms with van der Waals surface area (Å²) in [5.74, 6) is -0.0523. The van der Waals surface area contributed by atoms with Crippen LogP contribution < -0.4 is 11.1 Å². The number of nitrogens with two attached hydrogens (primary N) is 1. The summed E-state index contributed by atoms with van der Waals surface area (Å²) in [7, 11) is 0. The van der Waals surface area contributed by atoms with Crippen molar-refractivity contribution in [2.45, 2.75) is 0 Å². The highest BCUT2D eigenvalue weighted by molar-refractivity contribution is 9.10. The van der Waals surface area contributed by atoms with Crippen molar-refractivity contribution in [3.8, 4) is 6.07 Å². The second-order valence-electron chi connectivity index (χ2n) is 3.50. The molecule has 2 rings (SSSR count). The lowest BCUT2D eigenvalue weighted by Crippen LogP contribution is -2.00. The molecule has 0 fully saturated rings. The summed E-state index contributed by atoms with van der Waals surface area (Å²) >= 11 is 3.17. The van der Waals surface area contributed by atoms with E-state index >= 15 is 0 Å². The zero-order valence-electron chi connectivity index (χ0n) is 9.11. The standard InChI is InChI=1S/C12H8BrFN4/c13-7-1-3-10(8(14)5-7)17-12-4-2-9(16)11(6-15)18-12/h1-5H,16H2,(H,17,18). The first kappa shape index (κ1) is 12.3. The van der Waals surface area contributed by atoms with Crippen LogP contribution in [-0.2, 0) is 0 Å². The Hall–Kier alpha value is -2.13. The van der Waals surface area contributed by atoms with Gasteiger partial charge in [0.15, 0.2) is 5.69 Å². The molecule has 0 saturated heterocycles. The molecule has 3 N–H and O–H groups in total. The van der Waals surface area contributed by atoms with Crippen LogP contribution in [0.5, 0.6) is 0 Å². The van der Waals surface area contributed by atoms with Crippen LogP contribution in [0.3, 0.4) is 0 Å². The summed E-state index contributed by atoms with van der Waals surface area (Å²) in [5, 5.41) is 11.6. The highest BCUT2D eigenvalue weighted by Gasteiger charge is 2.06. The molecule has 4 nitrogen and oxygen atoms in total. The van der Waals surface area contributed by atoms with E-state index in [0.717, 1.165) is 0 Å². The van der Waals surface area contributed by atoms with Gasteiger partial charge in [0, 0.05) is 4.47 Å². The van der Waals surface area contributed by atoms with Gasteiger partial charge in [0.1, 0.15) is 17.7 Å². The molecule has 90 valence electrons. The average molecular weight is 307 g/mol. The number of benzene rings is 1. The summed E-state index contributed by atoms with van der Waals surface area (Å²) in [6.45, 7) is 0. The SMILES string of the molecule is N#Cc1nc(Nc2ccc(Br)cc2F)ccc1N. The molecule has 0 amide bonds. The van der Waals surface area contributed by atoms with Crippen LogP contribution in [0, 0.1) is 17.1 Å². The zero-order valence-corrected chi connectivity index (χ0v) is 10.7. The van der Waals surface area contributed by atoms with Gasteiger partial charge in [0.25, 0.3) is 0 Å². The lowest BCUT2D eigenvalue weighted by molar-refractivity contribution is 0.631. The summed E-state index contributed by atoms with van der Waals surface area (Å²) in [6, 6.07) is 9.61. The van der Waals surface area contributed by atoms with E-state index in [-0.39, 0.29) is 11.4 Å². The minimum atomic E-state index is -0.415. The Morgan fingerprint density at radius 1 is 1.33 bits per heavy atom. The second-order valence-corrected chi connectivity index (χ2v) is 4.41. The van der Waals surface area contributed by atoms with Crippen molar-refractivity contribution in [1.82, 2.24) is 4.98 Å². The number of anilines is 3. The Kier molecular flexibility index (Phi) is 3.44. The topological polar surface area (TPSA) is 74.7 Å². The molecule has 0 aliphatic carbocycles. The molecule has 0 saturated carbocycles. The maximum absolute atomic E-state index is 13.6. The number of nitriles is 1. The van der Waals surface area contributed by atoms with E-state index in [0.29, 0.717) is 16.0 Å². The number of nitrogens with zero attached hydrogens (tertiary/aromatic N) is 2. The van der Waals surface area contributed by atoms with Gasteiger partial charge < -0.3 is 11.1 Å². The van der Waals surface area contributed by atoms with Crippen LogP contribution in [0.25, 0.3) is 0 Å². The predicted octanol–water partition coefficient (Wildman–Crippen LogP) is 3.18. The Morgan fingerprint density at radius 2 is 2.11 bits per heavy atom. The van der Waals surface area contributed by atoms with E-state index in [9.17, 15) is 4.39 Å². The number of pyridine rings is 1. The van der Waals surface area contributed by atoms with Crippen LogP contribution >= 0.6 is 15.9 Å². The first-order valence-corrected chi connectivity index (χ1v) is 5.78. The fourth-order valence-corrected chi connectivity index (χ4v) is 1.69. The molecule has 1 aromatic carbocycles. The lowest BCUT2D eigenvalue weighted by Gasteiger charge is -2.07. The number of nitrogens with one attached hydrogen (secondary N) is 1. The number of halogens is 2. The highest BCUT2D eigenvalue weighted by Crippen LogP contribution is 2.23. The van der Waals surface area contributed by atoms with Gasteiger partial charge in [-0.05, 0) is 30.3 Å². The molecule has 18 heavy (non-hydrogen) atoms. The Balaban J connectivity index is 2.32. The van der Waals surface area contributed by atoms with E-state index in [1.165, 1.54) is 6.07 Å². The van der Waals surface area contributed by atoms with E-state index in [1.54, 1.807) is 24.3 Å². The van der Waals surface area contributed by atoms with Crippen LogP contribution in [0.15, 0.2) is 34.8 Å². The third-order valence-electron chi connectivity index (χ3n) is 2.23. The molecule has 0 bridgehead atoms. The minimum Gasteiger partial charge on any atom is -0.396 e.